The zero-order valence-electron chi connectivity index (χ0n) is 22.0. The summed E-state index contributed by atoms with van der Waals surface area (Å²) in [7, 11) is 0. The zero-order chi connectivity index (χ0) is 26.9. The van der Waals surface area contributed by atoms with Gasteiger partial charge in [0.15, 0.2) is 0 Å². The minimum absolute atomic E-state index is 0.339. The number of nitrogens with zero attached hydrogens (tertiary/aromatic N) is 1. The Labute approximate surface area is 233 Å². The smallest absolute Gasteiger partial charge is 0.127 e. The molecule has 192 valence electrons. The van der Waals surface area contributed by atoms with E-state index in [1.54, 1.807) is 0 Å². The van der Waals surface area contributed by atoms with Crippen LogP contribution in [0.2, 0.25) is 0 Å². The second-order valence-electron chi connectivity index (χ2n) is 10.2. The Hall–Kier alpha value is -4.83. The fourth-order valence-corrected chi connectivity index (χ4v) is 5.67. The third-order valence-electron chi connectivity index (χ3n) is 7.75. The summed E-state index contributed by atoms with van der Waals surface area (Å²) < 4.78 is 0. The molecule has 7 aromatic carbocycles. The summed E-state index contributed by atoms with van der Waals surface area (Å²) in [5.41, 5.74) is 9.87. The van der Waals surface area contributed by atoms with Gasteiger partial charge in [-0.2, -0.15) is 0 Å². The molecule has 3 N–H and O–H groups in total. The monoisotopic (exact) mass is 515 g/mol. The van der Waals surface area contributed by atoms with Gasteiger partial charge in [0.05, 0.1) is 6.17 Å². The van der Waals surface area contributed by atoms with E-state index in [9.17, 15) is 0 Å². The Balaban J connectivity index is 1.39. The van der Waals surface area contributed by atoms with Crippen molar-refractivity contribution in [3.05, 3.63) is 156 Å². The molecule has 0 aliphatic carbocycles. The summed E-state index contributed by atoms with van der Waals surface area (Å²) in [4.78, 5) is 5.20. The average Bonchev–Trinajstić information content (AvgIpc) is 3.02. The van der Waals surface area contributed by atoms with Gasteiger partial charge in [-0.25, -0.2) is 0 Å². The number of aliphatic imine (C=N–C) groups is 1. The SMILES string of the molecule is NC(NC(/N=C/c1c2ccccc2cc2c1ccc1ccccc12)c1ccc2ccccc2c1)c1ccccc1. The molecule has 0 heterocycles. The summed E-state index contributed by atoms with van der Waals surface area (Å²) in [6.45, 7) is 0. The summed E-state index contributed by atoms with van der Waals surface area (Å²) >= 11 is 0. The summed E-state index contributed by atoms with van der Waals surface area (Å²) in [6, 6.07) is 48.9. The lowest BCUT2D eigenvalue weighted by Crippen LogP contribution is -2.31. The van der Waals surface area contributed by atoms with Gasteiger partial charge in [0.25, 0.3) is 0 Å². The van der Waals surface area contributed by atoms with Gasteiger partial charge in [0.1, 0.15) is 6.17 Å². The summed E-state index contributed by atoms with van der Waals surface area (Å²) in [5.74, 6) is 0. The molecule has 2 atom stereocenters. The first-order chi connectivity index (χ1) is 19.7. The van der Waals surface area contributed by atoms with Gasteiger partial charge in [-0.3, -0.25) is 10.3 Å². The normalized spacial score (nSPS) is 13.4. The van der Waals surface area contributed by atoms with Crippen molar-refractivity contribution in [1.82, 2.24) is 5.32 Å². The van der Waals surface area contributed by atoms with Crippen molar-refractivity contribution in [3.8, 4) is 0 Å². The molecule has 0 spiro atoms. The predicted molar refractivity (Wildman–Crippen MR) is 170 cm³/mol. The highest BCUT2D eigenvalue weighted by atomic mass is 15.1. The molecule has 0 fully saturated rings. The molecule has 0 amide bonds. The minimum atomic E-state index is -0.372. The first-order valence-electron chi connectivity index (χ1n) is 13.7. The van der Waals surface area contributed by atoms with Crippen LogP contribution < -0.4 is 11.1 Å². The van der Waals surface area contributed by atoms with Gasteiger partial charge < -0.3 is 5.73 Å². The van der Waals surface area contributed by atoms with Gasteiger partial charge in [0, 0.05) is 11.8 Å². The molecule has 0 aliphatic rings. The molecule has 2 unspecified atom stereocenters. The summed E-state index contributed by atoms with van der Waals surface area (Å²) in [5, 5.41) is 13.2. The largest absolute Gasteiger partial charge is 0.312 e. The highest BCUT2D eigenvalue weighted by Crippen LogP contribution is 2.33. The molecule has 7 aromatic rings. The van der Waals surface area contributed by atoms with E-state index in [4.69, 9.17) is 10.7 Å². The quantitative estimate of drug-likeness (QED) is 0.101. The molecule has 0 aromatic heterocycles. The Kier molecular flexibility index (Phi) is 6.29. The molecule has 0 radical (unpaired) electrons. The van der Waals surface area contributed by atoms with E-state index >= 15 is 0 Å². The molecular weight excluding hydrogens is 486 g/mol. The fourth-order valence-electron chi connectivity index (χ4n) is 5.67. The molecule has 0 saturated carbocycles. The first-order valence-corrected chi connectivity index (χ1v) is 13.7. The number of benzene rings is 7. The zero-order valence-corrected chi connectivity index (χ0v) is 22.0. The van der Waals surface area contributed by atoms with Crippen LogP contribution in [0.15, 0.2) is 145 Å². The fraction of sp³-hybridized carbons (Fsp3) is 0.0541. The number of rotatable bonds is 6. The first kappa shape index (κ1) is 24.2. The standard InChI is InChI=1S/C37H29N3/c38-36(27-12-2-1-3-13-27)40-37(30-19-18-25-10-4-5-14-28(25)22-30)39-24-35-32-17-9-7-15-29(32)23-34-31-16-8-6-11-26(31)20-21-33(34)35/h1-24,36-37,40H,38H2/b39-24+. The maximum Gasteiger partial charge on any atom is 0.127 e. The maximum absolute atomic E-state index is 6.67. The maximum atomic E-state index is 6.67. The van der Waals surface area contributed by atoms with Gasteiger partial charge in [-0.15, -0.1) is 0 Å². The predicted octanol–water partition coefficient (Wildman–Crippen LogP) is 8.66. The van der Waals surface area contributed by atoms with E-state index in [1.807, 2.05) is 36.5 Å². The molecule has 40 heavy (non-hydrogen) atoms. The van der Waals surface area contributed by atoms with Crippen LogP contribution in [-0.2, 0) is 0 Å². The van der Waals surface area contributed by atoms with Crippen molar-refractivity contribution in [2.45, 2.75) is 12.3 Å². The lowest BCUT2D eigenvalue weighted by molar-refractivity contribution is 0.467. The Morgan fingerprint density at radius 3 is 1.98 bits per heavy atom. The average molecular weight is 516 g/mol. The number of fused-ring (bicyclic) bond motifs is 5. The second-order valence-corrected chi connectivity index (χ2v) is 10.2. The molecular formula is C37H29N3. The van der Waals surface area contributed by atoms with Crippen molar-refractivity contribution in [2.75, 3.05) is 0 Å². The van der Waals surface area contributed by atoms with Crippen LogP contribution in [0, 0.1) is 0 Å². The molecule has 7 rings (SSSR count). The third kappa shape index (κ3) is 4.52. The Morgan fingerprint density at radius 1 is 0.500 bits per heavy atom. The van der Waals surface area contributed by atoms with Crippen molar-refractivity contribution in [2.24, 2.45) is 10.7 Å². The van der Waals surface area contributed by atoms with Gasteiger partial charge in [0.2, 0.25) is 0 Å². The number of nitrogens with one attached hydrogen (secondary N) is 1. The number of nitrogens with two attached hydrogens (primary N) is 1. The van der Waals surface area contributed by atoms with Crippen LogP contribution in [0.25, 0.3) is 43.1 Å². The van der Waals surface area contributed by atoms with Crippen molar-refractivity contribution >= 4 is 49.3 Å². The van der Waals surface area contributed by atoms with Crippen LogP contribution >= 0.6 is 0 Å². The van der Waals surface area contributed by atoms with E-state index in [0.29, 0.717) is 0 Å². The third-order valence-corrected chi connectivity index (χ3v) is 7.75. The summed E-state index contributed by atoms with van der Waals surface area (Å²) in [6.07, 6.45) is 1.32. The van der Waals surface area contributed by atoms with Gasteiger partial charge >= 0.3 is 0 Å². The van der Waals surface area contributed by atoms with E-state index in [1.165, 1.54) is 43.1 Å². The van der Waals surface area contributed by atoms with E-state index in [2.05, 4.69) is 115 Å². The van der Waals surface area contributed by atoms with Gasteiger partial charge in [-0.1, -0.05) is 127 Å². The Morgan fingerprint density at radius 2 is 1.15 bits per heavy atom. The van der Waals surface area contributed by atoms with Crippen LogP contribution in [0.4, 0.5) is 0 Å². The molecule has 0 bridgehead atoms. The highest BCUT2D eigenvalue weighted by molar-refractivity contribution is 6.20. The second kappa shape index (κ2) is 10.4. The van der Waals surface area contributed by atoms with Crippen LogP contribution in [0.3, 0.4) is 0 Å². The Bertz CT molecular complexity index is 2010. The lowest BCUT2D eigenvalue weighted by Gasteiger charge is -2.22. The topological polar surface area (TPSA) is 50.4 Å². The van der Waals surface area contributed by atoms with E-state index in [0.717, 1.165) is 16.7 Å². The van der Waals surface area contributed by atoms with Crippen LogP contribution in [-0.4, -0.2) is 6.21 Å². The molecule has 0 aliphatic heterocycles. The van der Waals surface area contributed by atoms with Crippen molar-refractivity contribution < 1.29 is 0 Å². The molecule has 3 heteroatoms. The van der Waals surface area contributed by atoms with Crippen LogP contribution in [0.1, 0.15) is 29.0 Å². The van der Waals surface area contributed by atoms with Gasteiger partial charge in [-0.05, 0) is 66.3 Å². The van der Waals surface area contributed by atoms with E-state index in [-0.39, 0.29) is 12.3 Å². The van der Waals surface area contributed by atoms with Crippen LogP contribution in [0.5, 0.6) is 0 Å². The van der Waals surface area contributed by atoms with E-state index < -0.39 is 0 Å². The molecule has 3 nitrogen and oxygen atoms in total. The molecule has 0 saturated heterocycles. The number of hydrogen-bond acceptors (Lipinski definition) is 3. The lowest BCUT2D eigenvalue weighted by atomic mass is 9.94. The highest BCUT2D eigenvalue weighted by Gasteiger charge is 2.16. The van der Waals surface area contributed by atoms with Crippen molar-refractivity contribution in [3.63, 3.8) is 0 Å². The minimum Gasteiger partial charge on any atom is -0.312 e. The van der Waals surface area contributed by atoms with Crippen molar-refractivity contribution in [1.29, 1.82) is 0 Å². The number of hydrogen-bond donors (Lipinski definition) is 2.